The number of benzene rings is 1. The van der Waals surface area contributed by atoms with Crippen molar-refractivity contribution in [2.75, 3.05) is 0 Å². The Morgan fingerprint density at radius 2 is 2.11 bits per heavy atom. The van der Waals surface area contributed by atoms with Gasteiger partial charge in [-0.05, 0) is 25.1 Å². The highest BCUT2D eigenvalue weighted by Gasteiger charge is 2.04. The van der Waals surface area contributed by atoms with E-state index in [0.29, 0.717) is 0 Å². The first kappa shape index (κ1) is 12.3. The van der Waals surface area contributed by atoms with Gasteiger partial charge in [-0.2, -0.15) is 5.10 Å². The number of hydrogen-bond acceptors (Lipinski definition) is 4. The Bertz CT molecular complexity index is 638. The summed E-state index contributed by atoms with van der Waals surface area (Å²) in [5.74, 6) is 0. The van der Waals surface area contributed by atoms with Gasteiger partial charge in [-0.25, -0.2) is 4.98 Å². The standard InChI is InChI=1S/C14H16N4S/c1-2-18-11(7-8-16-18)9-15-10-14-17-12-5-3-4-6-13(12)19-14/h3-8,15H,2,9-10H2,1H3. The maximum Gasteiger partial charge on any atom is 0.108 e. The summed E-state index contributed by atoms with van der Waals surface area (Å²) in [6.07, 6.45) is 1.85. The minimum Gasteiger partial charge on any atom is -0.305 e. The molecule has 3 aromatic rings. The van der Waals surface area contributed by atoms with Gasteiger partial charge in [0.25, 0.3) is 0 Å². The summed E-state index contributed by atoms with van der Waals surface area (Å²) < 4.78 is 3.25. The maximum atomic E-state index is 4.61. The second-order valence-electron chi connectivity index (χ2n) is 4.32. The zero-order valence-electron chi connectivity index (χ0n) is 10.8. The molecule has 0 saturated carbocycles. The van der Waals surface area contributed by atoms with Gasteiger partial charge in [0.1, 0.15) is 5.01 Å². The Morgan fingerprint density at radius 3 is 2.95 bits per heavy atom. The van der Waals surface area contributed by atoms with E-state index in [1.54, 1.807) is 11.3 Å². The average Bonchev–Trinajstić information content (AvgIpc) is 3.04. The first-order chi connectivity index (χ1) is 9.36. The van der Waals surface area contributed by atoms with E-state index >= 15 is 0 Å². The summed E-state index contributed by atoms with van der Waals surface area (Å²) in [4.78, 5) is 4.61. The number of aryl methyl sites for hydroxylation is 1. The molecule has 0 unspecified atom stereocenters. The van der Waals surface area contributed by atoms with Gasteiger partial charge >= 0.3 is 0 Å². The smallest absolute Gasteiger partial charge is 0.108 e. The van der Waals surface area contributed by atoms with Crippen LogP contribution in [0.2, 0.25) is 0 Å². The Kier molecular flexibility index (Phi) is 3.57. The summed E-state index contributed by atoms with van der Waals surface area (Å²) in [5.41, 5.74) is 2.30. The lowest BCUT2D eigenvalue weighted by molar-refractivity contribution is 0.581. The highest BCUT2D eigenvalue weighted by Crippen LogP contribution is 2.21. The molecule has 0 aliphatic carbocycles. The van der Waals surface area contributed by atoms with Crippen molar-refractivity contribution in [3.63, 3.8) is 0 Å². The summed E-state index contributed by atoms with van der Waals surface area (Å²) in [5, 5.41) is 8.81. The average molecular weight is 272 g/mol. The van der Waals surface area contributed by atoms with Crippen molar-refractivity contribution in [3.05, 3.63) is 47.2 Å². The van der Waals surface area contributed by atoms with Crippen LogP contribution >= 0.6 is 11.3 Å². The third kappa shape index (κ3) is 2.67. The fourth-order valence-corrected chi connectivity index (χ4v) is 3.02. The Balaban J connectivity index is 1.63. The van der Waals surface area contributed by atoms with Crippen molar-refractivity contribution in [3.8, 4) is 0 Å². The first-order valence-electron chi connectivity index (χ1n) is 6.42. The van der Waals surface area contributed by atoms with Crippen LogP contribution in [0.4, 0.5) is 0 Å². The van der Waals surface area contributed by atoms with Gasteiger partial charge < -0.3 is 5.32 Å². The molecule has 0 fully saturated rings. The van der Waals surface area contributed by atoms with Crippen molar-refractivity contribution >= 4 is 21.6 Å². The summed E-state index contributed by atoms with van der Waals surface area (Å²) in [7, 11) is 0. The lowest BCUT2D eigenvalue weighted by atomic mass is 10.3. The van der Waals surface area contributed by atoms with Gasteiger partial charge in [0.2, 0.25) is 0 Å². The maximum absolute atomic E-state index is 4.61. The van der Waals surface area contributed by atoms with Crippen molar-refractivity contribution in [2.45, 2.75) is 26.6 Å². The zero-order valence-corrected chi connectivity index (χ0v) is 11.7. The van der Waals surface area contributed by atoms with Crippen LogP contribution in [-0.2, 0) is 19.6 Å². The van der Waals surface area contributed by atoms with Crippen molar-refractivity contribution in [1.29, 1.82) is 0 Å². The van der Waals surface area contributed by atoms with Crippen molar-refractivity contribution < 1.29 is 0 Å². The second-order valence-corrected chi connectivity index (χ2v) is 5.43. The summed E-state index contributed by atoms with van der Waals surface area (Å²) >= 11 is 1.75. The SMILES string of the molecule is CCn1nccc1CNCc1nc2ccccc2s1. The molecule has 0 bridgehead atoms. The highest BCUT2D eigenvalue weighted by molar-refractivity contribution is 7.18. The fourth-order valence-electron chi connectivity index (χ4n) is 2.09. The third-order valence-electron chi connectivity index (χ3n) is 3.02. The van der Waals surface area contributed by atoms with Crippen LogP contribution in [0.1, 0.15) is 17.6 Å². The monoisotopic (exact) mass is 272 g/mol. The number of thiazole rings is 1. The minimum atomic E-state index is 0.800. The van der Waals surface area contributed by atoms with Gasteiger partial charge in [0.15, 0.2) is 0 Å². The van der Waals surface area contributed by atoms with E-state index in [1.165, 1.54) is 10.4 Å². The largest absolute Gasteiger partial charge is 0.305 e. The predicted octanol–water partition coefficient (Wildman–Crippen LogP) is 2.80. The van der Waals surface area contributed by atoms with E-state index in [2.05, 4.69) is 46.6 Å². The molecular formula is C14H16N4S. The van der Waals surface area contributed by atoms with Gasteiger partial charge in [-0.15, -0.1) is 11.3 Å². The molecule has 0 aliphatic rings. The second kappa shape index (κ2) is 5.50. The van der Waals surface area contributed by atoms with Crippen LogP contribution in [0.25, 0.3) is 10.2 Å². The number of rotatable bonds is 5. The molecule has 5 heteroatoms. The third-order valence-corrected chi connectivity index (χ3v) is 4.06. The van der Waals surface area contributed by atoms with Crippen molar-refractivity contribution in [1.82, 2.24) is 20.1 Å². The highest BCUT2D eigenvalue weighted by atomic mass is 32.1. The topological polar surface area (TPSA) is 42.7 Å². The number of nitrogens with one attached hydrogen (secondary N) is 1. The molecule has 0 atom stereocenters. The Hall–Kier alpha value is -1.72. The number of para-hydroxylation sites is 1. The molecular weight excluding hydrogens is 256 g/mol. The van der Waals surface area contributed by atoms with E-state index in [4.69, 9.17) is 0 Å². The molecule has 0 amide bonds. The van der Waals surface area contributed by atoms with E-state index in [1.807, 2.05) is 16.9 Å². The molecule has 19 heavy (non-hydrogen) atoms. The van der Waals surface area contributed by atoms with Gasteiger partial charge in [0.05, 0.1) is 15.9 Å². The van der Waals surface area contributed by atoms with Gasteiger partial charge in [-0.3, -0.25) is 4.68 Å². The Morgan fingerprint density at radius 1 is 1.21 bits per heavy atom. The van der Waals surface area contributed by atoms with Crippen LogP contribution in [0.3, 0.4) is 0 Å². The molecule has 2 aromatic heterocycles. The first-order valence-corrected chi connectivity index (χ1v) is 7.24. The van der Waals surface area contributed by atoms with Crippen LogP contribution < -0.4 is 5.32 Å². The molecule has 2 heterocycles. The summed E-state index contributed by atoms with van der Waals surface area (Å²) in [6.45, 7) is 4.63. The molecule has 3 rings (SSSR count). The zero-order chi connectivity index (χ0) is 13.1. The molecule has 1 aromatic carbocycles. The number of fused-ring (bicyclic) bond motifs is 1. The molecule has 98 valence electrons. The molecule has 0 spiro atoms. The van der Waals surface area contributed by atoms with E-state index in [-0.39, 0.29) is 0 Å². The van der Waals surface area contributed by atoms with E-state index in [0.717, 1.165) is 30.2 Å². The van der Waals surface area contributed by atoms with Crippen molar-refractivity contribution in [2.24, 2.45) is 0 Å². The predicted molar refractivity (Wildman–Crippen MR) is 78.1 cm³/mol. The summed E-state index contributed by atoms with van der Waals surface area (Å²) in [6, 6.07) is 10.3. The van der Waals surface area contributed by atoms with Gasteiger partial charge in [0, 0.05) is 25.8 Å². The lowest BCUT2D eigenvalue weighted by Gasteiger charge is -2.05. The van der Waals surface area contributed by atoms with Gasteiger partial charge in [-0.1, -0.05) is 12.1 Å². The van der Waals surface area contributed by atoms with Crippen LogP contribution in [-0.4, -0.2) is 14.8 Å². The normalized spacial score (nSPS) is 11.2. The molecule has 0 aliphatic heterocycles. The fraction of sp³-hybridized carbons (Fsp3) is 0.286. The van der Waals surface area contributed by atoms with Crippen LogP contribution in [0.15, 0.2) is 36.5 Å². The minimum absolute atomic E-state index is 0.800. The molecule has 0 radical (unpaired) electrons. The molecule has 1 N–H and O–H groups in total. The number of aromatic nitrogens is 3. The number of nitrogens with zero attached hydrogens (tertiary/aromatic N) is 3. The Labute approximate surface area is 116 Å². The van der Waals surface area contributed by atoms with Crippen LogP contribution in [0.5, 0.6) is 0 Å². The quantitative estimate of drug-likeness (QED) is 0.776. The lowest BCUT2D eigenvalue weighted by Crippen LogP contribution is -2.16. The molecule has 0 saturated heterocycles. The molecule has 4 nitrogen and oxygen atoms in total. The van der Waals surface area contributed by atoms with Crippen LogP contribution in [0, 0.1) is 0 Å². The number of hydrogen-bond donors (Lipinski definition) is 1. The van der Waals surface area contributed by atoms with E-state index < -0.39 is 0 Å². The van der Waals surface area contributed by atoms with E-state index in [9.17, 15) is 0 Å².